The van der Waals surface area contributed by atoms with Gasteiger partial charge in [-0.05, 0) is 38.6 Å². The largest absolute Gasteiger partial charge is 0.381 e. The van der Waals surface area contributed by atoms with Gasteiger partial charge in [-0.2, -0.15) is 5.26 Å². The van der Waals surface area contributed by atoms with Crippen molar-refractivity contribution in [3.63, 3.8) is 0 Å². The van der Waals surface area contributed by atoms with Crippen LogP contribution in [0, 0.1) is 17.2 Å². The van der Waals surface area contributed by atoms with Gasteiger partial charge >= 0.3 is 0 Å². The van der Waals surface area contributed by atoms with E-state index in [-0.39, 0.29) is 0 Å². The molecule has 0 aromatic rings. The molecule has 0 bridgehead atoms. The van der Waals surface area contributed by atoms with Crippen molar-refractivity contribution in [2.24, 2.45) is 5.92 Å². The van der Waals surface area contributed by atoms with E-state index in [1.165, 1.54) is 12.8 Å². The Hall–Kier alpha value is -0.590. The molecule has 0 aromatic heterocycles. The summed E-state index contributed by atoms with van der Waals surface area (Å²) < 4.78 is 5.32. The van der Waals surface area contributed by atoms with Gasteiger partial charge in [0, 0.05) is 25.7 Å². The molecule has 0 aliphatic carbocycles. The van der Waals surface area contributed by atoms with Gasteiger partial charge < -0.3 is 10.1 Å². The molecule has 0 aromatic carbocycles. The molecule has 1 aliphatic rings. The van der Waals surface area contributed by atoms with Crippen molar-refractivity contribution in [3.8, 4) is 6.07 Å². The summed E-state index contributed by atoms with van der Waals surface area (Å²) in [4.78, 5) is 0. The molecule has 1 unspecified atom stereocenters. The van der Waals surface area contributed by atoms with E-state index in [0.29, 0.717) is 12.5 Å². The number of nitrogens with one attached hydrogen (secondary N) is 1. The van der Waals surface area contributed by atoms with Crippen molar-refractivity contribution in [3.05, 3.63) is 0 Å². The summed E-state index contributed by atoms with van der Waals surface area (Å²) in [6.07, 6.45) is 3.97. The van der Waals surface area contributed by atoms with E-state index in [4.69, 9.17) is 10.00 Å². The van der Waals surface area contributed by atoms with Crippen LogP contribution >= 0.6 is 0 Å². The lowest BCUT2D eigenvalue weighted by Crippen LogP contribution is -2.37. The summed E-state index contributed by atoms with van der Waals surface area (Å²) in [5.41, 5.74) is 0. The van der Waals surface area contributed by atoms with Crippen LogP contribution in [0.25, 0.3) is 0 Å². The first kappa shape index (κ1) is 11.5. The molecular weight excluding hydrogens is 176 g/mol. The van der Waals surface area contributed by atoms with Crippen molar-refractivity contribution in [1.29, 1.82) is 5.26 Å². The highest BCUT2D eigenvalue weighted by Crippen LogP contribution is 2.18. The maximum Gasteiger partial charge on any atom is 0.0622 e. The Balaban J connectivity index is 2.07. The lowest BCUT2D eigenvalue weighted by Gasteiger charge is -2.28. The van der Waals surface area contributed by atoms with E-state index in [1.54, 1.807) is 0 Å². The summed E-state index contributed by atoms with van der Waals surface area (Å²) in [6.45, 7) is 5.03. The van der Waals surface area contributed by atoms with Crippen LogP contribution in [0.4, 0.5) is 0 Å². The van der Waals surface area contributed by atoms with Crippen molar-refractivity contribution < 1.29 is 4.74 Å². The minimum absolute atomic E-state index is 0.567. The molecular formula is C11H20N2O. The Labute approximate surface area is 86.4 Å². The Morgan fingerprint density at radius 1 is 1.50 bits per heavy atom. The first-order chi connectivity index (χ1) is 6.84. The van der Waals surface area contributed by atoms with Crippen LogP contribution in [0.1, 0.15) is 32.6 Å². The van der Waals surface area contributed by atoms with Gasteiger partial charge in [-0.25, -0.2) is 0 Å². The number of nitriles is 1. The SMILES string of the molecule is CC(NCCCC#N)C1CCOCC1. The summed E-state index contributed by atoms with van der Waals surface area (Å²) in [5, 5.41) is 11.9. The van der Waals surface area contributed by atoms with Crippen LogP contribution in [-0.2, 0) is 4.74 Å². The fraction of sp³-hybridized carbons (Fsp3) is 0.909. The summed E-state index contributed by atoms with van der Waals surface area (Å²) in [7, 11) is 0. The molecule has 1 atom stereocenters. The molecule has 0 saturated carbocycles. The van der Waals surface area contributed by atoms with Gasteiger partial charge in [-0.15, -0.1) is 0 Å². The molecule has 1 rings (SSSR count). The quantitative estimate of drug-likeness (QED) is 0.681. The zero-order valence-corrected chi connectivity index (χ0v) is 8.96. The van der Waals surface area contributed by atoms with Crippen LogP contribution < -0.4 is 5.32 Å². The molecule has 0 amide bonds. The first-order valence-corrected chi connectivity index (χ1v) is 5.52. The monoisotopic (exact) mass is 196 g/mol. The van der Waals surface area contributed by atoms with Crippen molar-refractivity contribution in [2.75, 3.05) is 19.8 Å². The normalized spacial score (nSPS) is 20.3. The van der Waals surface area contributed by atoms with Crippen molar-refractivity contribution >= 4 is 0 Å². The zero-order chi connectivity index (χ0) is 10.2. The van der Waals surface area contributed by atoms with E-state index in [2.05, 4.69) is 18.3 Å². The molecule has 0 spiro atoms. The fourth-order valence-electron chi connectivity index (χ4n) is 1.88. The number of ether oxygens (including phenoxy) is 1. The van der Waals surface area contributed by atoms with Crippen LogP contribution in [0.2, 0.25) is 0 Å². The van der Waals surface area contributed by atoms with E-state index in [1.807, 2.05) is 0 Å². The number of nitrogens with zero attached hydrogens (tertiary/aromatic N) is 1. The molecule has 1 aliphatic heterocycles. The predicted molar refractivity (Wildman–Crippen MR) is 55.9 cm³/mol. The number of unbranched alkanes of at least 4 members (excludes halogenated alkanes) is 1. The minimum Gasteiger partial charge on any atom is -0.381 e. The second kappa shape index (κ2) is 6.80. The molecule has 1 fully saturated rings. The molecule has 3 nitrogen and oxygen atoms in total. The second-order valence-electron chi connectivity index (χ2n) is 3.95. The maximum absolute atomic E-state index is 8.39. The average molecular weight is 196 g/mol. The molecule has 14 heavy (non-hydrogen) atoms. The highest BCUT2D eigenvalue weighted by Gasteiger charge is 2.19. The zero-order valence-electron chi connectivity index (χ0n) is 8.96. The highest BCUT2D eigenvalue weighted by molar-refractivity contribution is 4.76. The van der Waals surface area contributed by atoms with Gasteiger partial charge in [-0.3, -0.25) is 0 Å². The average Bonchev–Trinajstić information content (AvgIpc) is 2.25. The Morgan fingerprint density at radius 3 is 2.86 bits per heavy atom. The van der Waals surface area contributed by atoms with Crippen molar-refractivity contribution in [1.82, 2.24) is 5.32 Å². The van der Waals surface area contributed by atoms with E-state index in [0.717, 1.165) is 32.1 Å². The predicted octanol–water partition coefficient (Wildman–Crippen LogP) is 1.69. The topological polar surface area (TPSA) is 45.0 Å². The van der Waals surface area contributed by atoms with E-state index in [9.17, 15) is 0 Å². The van der Waals surface area contributed by atoms with Crippen molar-refractivity contribution in [2.45, 2.75) is 38.6 Å². The fourth-order valence-corrected chi connectivity index (χ4v) is 1.88. The number of hydrogen-bond donors (Lipinski definition) is 1. The Morgan fingerprint density at radius 2 is 2.21 bits per heavy atom. The van der Waals surface area contributed by atoms with Gasteiger partial charge in [0.15, 0.2) is 0 Å². The van der Waals surface area contributed by atoms with Crippen LogP contribution in [0.15, 0.2) is 0 Å². The van der Waals surface area contributed by atoms with Crippen LogP contribution in [-0.4, -0.2) is 25.8 Å². The smallest absolute Gasteiger partial charge is 0.0622 e. The third-order valence-corrected chi connectivity index (χ3v) is 2.90. The highest BCUT2D eigenvalue weighted by atomic mass is 16.5. The Bertz CT molecular complexity index is 182. The lowest BCUT2D eigenvalue weighted by atomic mass is 9.93. The number of hydrogen-bond acceptors (Lipinski definition) is 3. The third-order valence-electron chi connectivity index (χ3n) is 2.90. The standard InChI is InChI=1S/C11H20N2O/c1-10(13-7-3-2-6-12)11-4-8-14-9-5-11/h10-11,13H,2-5,7-9H2,1H3. The molecule has 0 radical (unpaired) electrons. The van der Waals surface area contributed by atoms with Gasteiger partial charge in [0.1, 0.15) is 0 Å². The second-order valence-corrected chi connectivity index (χ2v) is 3.95. The molecule has 1 saturated heterocycles. The molecule has 1 N–H and O–H groups in total. The summed E-state index contributed by atoms with van der Waals surface area (Å²) in [5.74, 6) is 0.755. The van der Waals surface area contributed by atoms with E-state index < -0.39 is 0 Å². The number of rotatable bonds is 5. The summed E-state index contributed by atoms with van der Waals surface area (Å²) in [6, 6.07) is 2.73. The lowest BCUT2D eigenvalue weighted by molar-refractivity contribution is 0.0560. The summed E-state index contributed by atoms with van der Waals surface area (Å²) >= 11 is 0. The van der Waals surface area contributed by atoms with Gasteiger partial charge in [0.25, 0.3) is 0 Å². The van der Waals surface area contributed by atoms with Gasteiger partial charge in [0.05, 0.1) is 6.07 Å². The minimum atomic E-state index is 0.567. The van der Waals surface area contributed by atoms with E-state index >= 15 is 0 Å². The molecule has 1 heterocycles. The molecule has 3 heteroatoms. The van der Waals surface area contributed by atoms with Gasteiger partial charge in [0.2, 0.25) is 0 Å². The maximum atomic E-state index is 8.39. The third kappa shape index (κ3) is 4.08. The van der Waals surface area contributed by atoms with Crippen LogP contribution in [0.5, 0.6) is 0 Å². The van der Waals surface area contributed by atoms with Gasteiger partial charge in [-0.1, -0.05) is 0 Å². The first-order valence-electron chi connectivity index (χ1n) is 5.52. The van der Waals surface area contributed by atoms with Crippen LogP contribution in [0.3, 0.4) is 0 Å². The molecule has 80 valence electrons. The Kier molecular flexibility index (Phi) is 5.58.